The van der Waals surface area contributed by atoms with Gasteiger partial charge in [0.15, 0.2) is 0 Å². The normalized spacial score (nSPS) is 18.9. The number of thioether (sulfide) groups is 1. The van der Waals surface area contributed by atoms with Crippen molar-refractivity contribution in [3.63, 3.8) is 0 Å². The van der Waals surface area contributed by atoms with Gasteiger partial charge in [-0.2, -0.15) is 11.8 Å². The molecule has 63 heavy (non-hydrogen) atoms. The van der Waals surface area contributed by atoms with Crippen molar-refractivity contribution < 1.29 is 58.5 Å². The van der Waals surface area contributed by atoms with Gasteiger partial charge in [0.2, 0.25) is 47.3 Å². The molecule has 2 heterocycles. The van der Waals surface area contributed by atoms with Crippen LogP contribution in [0.25, 0.3) is 0 Å². The fraction of sp³-hybridized carbons (Fsp3) is 0.634. The monoisotopic (exact) mass is 905 g/mol. The molecule has 350 valence electrons. The molecule has 3 rings (SSSR count). The number of amides is 8. The summed E-state index contributed by atoms with van der Waals surface area (Å²) >= 11 is 1.49. The Morgan fingerprint density at radius 3 is 2.00 bits per heavy atom. The van der Waals surface area contributed by atoms with Gasteiger partial charge in [-0.15, -0.1) is 0 Å². The number of carboxylic acids is 1. The third-order valence-electron chi connectivity index (χ3n) is 10.6. The number of aliphatic hydroxyl groups excluding tert-OH is 2. The van der Waals surface area contributed by atoms with Crippen LogP contribution in [-0.2, 0) is 49.6 Å². The highest BCUT2D eigenvalue weighted by Gasteiger charge is 2.40. The van der Waals surface area contributed by atoms with Crippen LogP contribution in [0.2, 0.25) is 0 Å². The fourth-order valence-electron chi connectivity index (χ4n) is 7.27. The molecule has 0 spiro atoms. The number of aliphatic hydroxyl groups is 2. The van der Waals surface area contributed by atoms with E-state index in [9.17, 15) is 58.5 Å². The van der Waals surface area contributed by atoms with Gasteiger partial charge in [0.1, 0.15) is 36.3 Å². The standard InChI is InChI=1S/C41H63N9O12S/c1-23(2)18-27(46-38(58)31-13-8-15-49(31)33(54)21-44-39(59)34(24(3)52)48-35(55)26(42)14-17-63-4)36(56)47-29(22-51)40(60)50-16-9-12-30(50)37(57)43-20-32(53)45-28(41(61)62)19-25-10-6-5-7-11-25/h5-7,10-11,23-24,26-31,34,51-52H,8-9,12-22,42H2,1-4H3,(H,43,57)(H,44,59)(H,45,53)(H,46,58)(H,47,56)(H,48,55)(H,61,62)/t24-,26+,27+,28+,29+,30+,31+,34+/m1/s1. The second kappa shape index (κ2) is 25.7. The number of aliphatic carboxylic acids is 1. The summed E-state index contributed by atoms with van der Waals surface area (Å²) in [5, 5.41) is 44.8. The zero-order chi connectivity index (χ0) is 46.8. The van der Waals surface area contributed by atoms with Crippen LogP contribution in [0.15, 0.2) is 30.3 Å². The summed E-state index contributed by atoms with van der Waals surface area (Å²) in [6, 6.07) is 0.325. The second-order valence-electron chi connectivity index (χ2n) is 16.1. The van der Waals surface area contributed by atoms with E-state index >= 15 is 0 Å². The molecule has 0 aliphatic carbocycles. The van der Waals surface area contributed by atoms with E-state index < -0.39 is 121 Å². The summed E-state index contributed by atoms with van der Waals surface area (Å²) in [6.07, 6.45) is 2.30. The molecule has 11 N–H and O–H groups in total. The quantitative estimate of drug-likeness (QED) is 0.0494. The van der Waals surface area contributed by atoms with Crippen molar-refractivity contribution in [2.45, 2.75) is 114 Å². The van der Waals surface area contributed by atoms with E-state index in [0.717, 1.165) is 0 Å². The minimum Gasteiger partial charge on any atom is -0.480 e. The molecule has 1 aromatic rings. The first-order valence-electron chi connectivity index (χ1n) is 21.0. The van der Waals surface area contributed by atoms with Gasteiger partial charge in [0.05, 0.1) is 31.8 Å². The summed E-state index contributed by atoms with van der Waals surface area (Å²) in [6.45, 7) is 3.20. The molecule has 0 saturated carbocycles. The van der Waals surface area contributed by atoms with Crippen molar-refractivity contribution in [1.29, 1.82) is 0 Å². The molecule has 22 heteroatoms. The maximum Gasteiger partial charge on any atom is 0.326 e. The summed E-state index contributed by atoms with van der Waals surface area (Å²) in [5.74, 6) is -6.58. The van der Waals surface area contributed by atoms with Gasteiger partial charge in [0.25, 0.3) is 0 Å². The van der Waals surface area contributed by atoms with Crippen molar-refractivity contribution in [3.8, 4) is 0 Å². The minimum absolute atomic E-state index is 0.0164. The van der Waals surface area contributed by atoms with Crippen LogP contribution < -0.4 is 37.6 Å². The lowest BCUT2D eigenvalue weighted by molar-refractivity contribution is -0.143. The highest BCUT2D eigenvalue weighted by Crippen LogP contribution is 2.20. The molecule has 0 radical (unpaired) electrons. The number of carbonyl (C=O) groups is 9. The molecule has 2 aliphatic heterocycles. The van der Waals surface area contributed by atoms with Crippen LogP contribution in [0, 0.1) is 5.92 Å². The van der Waals surface area contributed by atoms with Gasteiger partial charge in [-0.25, -0.2) is 4.79 Å². The first kappa shape index (κ1) is 52.0. The van der Waals surface area contributed by atoms with Crippen LogP contribution in [0.3, 0.4) is 0 Å². The molecule has 2 saturated heterocycles. The Labute approximate surface area is 370 Å². The lowest BCUT2D eigenvalue weighted by Crippen LogP contribution is -2.59. The predicted octanol–water partition coefficient (Wildman–Crippen LogP) is -3.03. The molecule has 1 aromatic carbocycles. The summed E-state index contributed by atoms with van der Waals surface area (Å²) in [4.78, 5) is 120. The molecular formula is C41H63N9O12S. The molecule has 8 atom stereocenters. The van der Waals surface area contributed by atoms with Gasteiger partial charge < -0.3 is 62.8 Å². The zero-order valence-electron chi connectivity index (χ0n) is 36.2. The molecular weight excluding hydrogens is 843 g/mol. The predicted molar refractivity (Wildman–Crippen MR) is 230 cm³/mol. The smallest absolute Gasteiger partial charge is 0.326 e. The van der Waals surface area contributed by atoms with Crippen molar-refractivity contribution in [2.75, 3.05) is 44.8 Å². The summed E-state index contributed by atoms with van der Waals surface area (Å²) in [7, 11) is 0. The number of likely N-dealkylation sites (tertiary alicyclic amines) is 2. The number of carboxylic acid groups (broad SMARTS) is 1. The summed E-state index contributed by atoms with van der Waals surface area (Å²) < 4.78 is 0. The van der Waals surface area contributed by atoms with Crippen LogP contribution in [0.5, 0.6) is 0 Å². The lowest BCUT2D eigenvalue weighted by atomic mass is 10.0. The Morgan fingerprint density at radius 1 is 0.778 bits per heavy atom. The maximum atomic E-state index is 13.7. The average molecular weight is 906 g/mol. The van der Waals surface area contributed by atoms with Crippen molar-refractivity contribution in [3.05, 3.63) is 35.9 Å². The third kappa shape index (κ3) is 16.1. The van der Waals surface area contributed by atoms with Crippen LogP contribution >= 0.6 is 11.8 Å². The number of carbonyl (C=O) groups excluding carboxylic acids is 8. The van der Waals surface area contributed by atoms with Crippen molar-refractivity contribution in [2.24, 2.45) is 11.7 Å². The summed E-state index contributed by atoms with van der Waals surface area (Å²) in [5.41, 5.74) is 6.57. The fourth-order valence-corrected chi connectivity index (χ4v) is 7.76. The van der Waals surface area contributed by atoms with Crippen molar-refractivity contribution >= 4 is 65.0 Å². The molecule has 21 nitrogen and oxygen atoms in total. The molecule has 0 bridgehead atoms. The minimum atomic E-state index is -1.51. The number of nitrogens with one attached hydrogen (secondary N) is 6. The van der Waals surface area contributed by atoms with E-state index in [0.29, 0.717) is 30.6 Å². The van der Waals surface area contributed by atoms with Crippen LogP contribution in [-0.4, -0.2) is 172 Å². The molecule has 2 fully saturated rings. The largest absolute Gasteiger partial charge is 0.480 e. The highest BCUT2D eigenvalue weighted by atomic mass is 32.2. The Kier molecular flexibility index (Phi) is 21.2. The highest BCUT2D eigenvalue weighted by molar-refractivity contribution is 7.98. The van der Waals surface area contributed by atoms with Gasteiger partial charge in [-0.05, 0) is 68.9 Å². The van der Waals surface area contributed by atoms with Gasteiger partial charge in [0, 0.05) is 19.5 Å². The molecule has 8 amide bonds. The number of hydrogen-bond acceptors (Lipinski definition) is 13. The number of hydrogen-bond donors (Lipinski definition) is 10. The zero-order valence-corrected chi connectivity index (χ0v) is 37.0. The van der Waals surface area contributed by atoms with Gasteiger partial charge >= 0.3 is 5.97 Å². The van der Waals surface area contributed by atoms with E-state index in [2.05, 4.69) is 31.9 Å². The Balaban J connectivity index is 1.59. The SMILES string of the molecule is CSCC[C@H](N)C(=O)N[C@H](C(=O)NCC(=O)N1CCC[C@H]1C(=O)N[C@@H](CC(C)C)C(=O)N[C@@H](CO)C(=O)N1CCC[C@H]1C(=O)NCC(=O)N[C@@H](Cc1ccccc1)C(=O)O)[C@@H](C)O. The second-order valence-corrected chi connectivity index (χ2v) is 17.1. The molecule has 0 unspecified atom stereocenters. The number of rotatable bonds is 24. The first-order valence-corrected chi connectivity index (χ1v) is 22.4. The number of benzene rings is 1. The Hall–Kier alpha value is -5.32. The van der Waals surface area contributed by atoms with Gasteiger partial charge in [-0.3, -0.25) is 38.4 Å². The van der Waals surface area contributed by atoms with E-state index in [1.807, 2.05) is 6.26 Å². The molecule has 2 aliphatic rings. The molecule has 0 aromatic heterocycles. The average Bonchev–Trinajstić information content (AvgIpc) is 3.95. The topological polar surface area (TPSA) is 319 Å². The Morgan fingerprint density at radius 2 is 1.41 bits per heavy atom. The van der Waals surface area contributed by atoms with Crippen molar-refractivity contribution in [1.82, 2.24) is 41.7 Å². The first-order chi connectivity index (χ1) is 29.9. The van der Waals surface area contributed by atoms with Gasteiger partial charge in [-0.1, -0.05) is 44.2 Å². The Bertz CT molecular complexity index is 1770. The van der Waals surface area contributed by atoms with E-state index in [1.165, 1.54) is 28.5 Å². The van der Waals surface area contributed by atoms with E-state index in [4.69, 9.17) is 5.73 Å². The number of nitrogens with zero attached hydrogens (tertiary/aromatic N) is 2. The van der Waals surface area contributed by atoms with E-state index in [1.54, 1.807) is 44.2 Å². The van der Waals surface area contributed by atoms with Crippen LogP contribution in [0.1, 0.15) is 64.9 Å². The van der Waals surface area contributed by atoms with E-state index in [-0.39, 0.29) is 44.7 Å². The number of nitrogens with two attached hydrogens (primary N) is 1. The van der Waals surface area contributed by atoms with Crippen LogP contribution in [0.4, 0.5) is 0 Å². The maximum absolute atomic E-state index is 13.7. The lowest BCUT2D eigenvalue weighted by Gasteiger charge is -2.30. The third-order valence-corrected chi connectivity index (χ3v) is 11.3.